The molecule has 3 rings (SSSR count). The molecule has 0 fully saturated rings. The van der Waals surface area contributed by atoms with Crippen LogP contribution in [-0.4, -0.2) is 32.9 Å². The van der Waals surface area contributed by atoms with Gasteiger partial charge >= 0.3 is 0 Å². The second-order valence-corrected chi connectivity index (χ2v) is 5.64. The van der Waals surface area contributed by atoms with Crippen LogP contribution in [0.25, 0.3) is 15.5 Å². The van der Waals surface area contributed by atoms with Crippen molar-refractivity contribution in [3.05, 3.63) is 30.1 Å². The molecule has 0 aliphatic carbocycles. The minimum Gasteiger partial charge on any atom is -0.372 e. The first-order chi connectivity index (χ1) is 10.6. The number of nitrogens with zero attached hydrogens (tertiary/aromatic N) is 5. The minimum atomic E-state index is -2.69. The van der Waals surface area contributed by atoms with Crippen LogP contribution in [0.4, 0.5) is 14.5 Å². The molecule has 0 saturated heterocycles. The summed E-state index contributed by atoms with van der Waals surface area (Å²) < 4.78 is 26.7. The van der Waals surface area contributed by atoms with Crippen molar-refractivity contribution in [1.29, 1.82) is 0 Å². The summed E-state index contributed by atoms with van der Waals surface area (Å²) in [6.07, 6.45) is -2.69. The zero-order valence-corrected chi connectivity index (χ0v) is 13.0. The van der Waals surface area contributed by atoms with Crippen LogP contribution in [0.15, 0.2) is 24.3 Å². The highest BCUT2D eigenvalue weighted by Crippen LogP contribution is 2.29. The molecule has 0 amide bonds. The van der Waals surface area contributed by atoms with Gasteiger partial charge in [-0.15, -0.1) is 10.2 Å². The van der Waals surface area contributed by atoms with Crippen molar-refractivity contribution in [3.63, 3.8) is 0 Å². The van der Waals surface area contributed by atoms with Gasteiger partial charge in [-0.2, -0.15) is 9.61 Å². The van der Waals surface area contributed by atoms with Crippen LogP contribution >= 0.6 is 11.3 Å². The number of alkyl halides is 2. The highest BCUT2D eigenvalue weighted by atomic mass is 32.1. The number of rotatable bonds is 5. The van der Waals surface area contributed by atoms with E-state index in [4.69, 9.17) is 0 Å². The topological polar surface area (TPSA) is 46.3 Å². The average Bonchev–Trinajstić information content (AvgIpc) is 3.09. The van der Waals surface area contributed by atoms with E-state index < -0.39 is 12.2 Å². The molecule has 0 bridgehead atoms. The molecule has 0 atom stereocenters. The van der Waals surface area contributed by atoms with Gasteiger partial charge in [0.15, 0.2) is 0 Å². The van der Waals surface area contributed by atoms with Crippen molar-refractivity contribution in [3.8, 4) is 10.6 Å². The van der Waals surface area contributed by atoms with E-state index in [0.717, 1.165) is 28.9 Å². The summed E-state index contributed by atoms with van der Waals surface area (Å²) >= 11 is 1.25. The van der Waals surface area contributed by atoms with E-state index in [1.165, 1.54) is 11.3 Å². The summed E-state index contributed by atoms with van der Waals surface area (Å²) in [5, 5.41) is 12.0. The van der Waals surface area contributed by atoms with Crippen LogP contribution in [0, 0.1) is 0 Å². The number of benzene rings is 1. The molecule has 2 aromatic heterocycles. The summed E-state index contributed by atoms with van der Waals surface area (Å²) in [7, 11) is 0. The van der Waals surface area contributed by atoms with Crippen LogP contribution in [0.1, 0.15) is 26.1 Å². The van der Waals surface area contributed by atoms with Gasteiger partial charge in [0.05, 0.1) is 0 Å². The first kappa shape index (κ1) is 14.8. The smallest absolute Gasteiger partial charge is 0.299 e. The van der Waals surface area contributed by atoms with Gasteiger partial charge in [-0.1, -0.05) is 11.3 Å². The maximum absolute atomic E-state index is 12.8. The molecule has 22 heavy (non-hydrogen) atoms. The van der Waals surface area contributed by atoms with E-state index in [-0.39, 0.29) is 0 Å². The first-order valence-corrected chi connectivity index (χ1v) is 7.81. The molecule has 0 aliphatic rings. The predicted molar refractivity (Wildman–Crippen MR) is 82.6 cm³/mol. The van der Waals surface area contributed by atoms with E-state index >= 15 is 0 Å². The molecule has 0 spiro atoms. The van der Waals surface area contributed by atoms with Crippen molar-refractivity contribution < 1.29 is 8.78 Å². The SMILES string of the molecule is CCN(CC)c1ccc(-c2nn3c(C(F)F)nnc3s2)cc1. The van der Waals surface area contributed by atoms with Gasteiger partial charge < -0.3 is 4.90 Å². The monoisotopic (exact) mass is 323 g/mol. The Morgan fingerprint density at radius 1 is 1.14 bits per heavy atom. The molecule has 116 valence electrons. The Hall–Kier alpha value is -2.09. The van der Waals surface area contributed by atoms with Crippen LogP contribution in [0.3, 0.4) is 0 Å². The van der Waals surface area contributed by atoms with Crippen molar-refractivity contribution in [2.24, 2.45) is 0 Å². The molecule has 3 aromatic rings. The average molecular weight is 323 g/mol. The Labute approximate surface area is 130 Å². The van der Waals surface area contributed by atoms with Crippen molar-refractivity contribution >= 4 is 22.0 Å². The molecule has 8 heteroatoms. The number of anilines is 1. The lowest BCUT2D eigenvalue weighted by Gasteiger charge is -2.20. The Bertz CT molecular complexity index is 761. The Kier molecular flexibility index (Phi) is 4.02. The Morgan fingerprint density at radius 3 is 2.41 bits per heavy atom. The number of aromatic nitrogens is 4. The van der Waals surface area contributed by atoms with Gasteiger partial charge in [0, 0.05) is 24.3 Å². The van der Waals surface area contributed by atoms with Gasteiger partial charge in [-0.3, -0.25) is 0 Å². The first-order valence-electron chi connectivity index (χ1n) is 6.99. The van der Waals surface area contributed by atoms with E-state index in [1.54, 1.807) is 0 Å². The van der Waals surface area contributed by atoms with Gasteiger partial charge in [-0.25, -0.2) is 8.78 Å². The molecule has 2 heterocycles. The fourth-order valence-corrected chi connectivity index (χ4v) is 3.14. The van der Waals surface area contributed by atoms with Gasteiger partial charge in [0.25, 0.3) is 6.43 Å². The molecule has 0 unspecified atom stereocenters. The summed E-state index contributed by atoms with van der Waals surface area (Å²) in [4.78, 5) is 2.61. The van der Waals surface area contributed by atoms with Crippen LogP contribution < -0.4 is 4.90 Å². The lowest BCUT2D eigenvalue weighted by atomic mass is 10.2. The van der Waals surface area contributed by atoms with Crippen LogP contribution in [0.2, 0.25) is 0 Å². The zero-order chi connectivity index (χ0) is 15.7. The van der Waals surface area contributed by atoms with E-state index in [1.807, 2.05) is 24.3 Å². The fourth-order valence-electron chi connectivity index (χ4n) is 2.29. The minimum absolute atomic E-state index is 0.373. The van der Waals surface area contributed by atoms with Crippen molar-refractivity contribution in [2.45, 2.75) is 20.3 Å². The maximum atomic E-state index is 12.8. The quantitative estimate of drug-likeness (QED) is 0.719. The summed E-state index contributed by atoms with van der Waals surface area (Å²) in [5.74, 6) is -0.419. The summed E-state index contributed by atoms with van der Waals surface area (Å²) in [6, 6.07) is 7.92. The van der Waals surface area contributed by atoms with Crippen LogP contribution in [0.5, 0.6) is 0 Å². The van der Waals surface area contributed by atoms with E-state index in [0.29, 0.717) is 9.97 Å². The zero-order valence-electron chi connectivity index (χ0n) is 12.2. The normalized spacial score (nSPS) is 11.5. The van der Waals surface area contributed by atoms with Crippen molar-refractivity contribution in [2.75, 3.05) is 18.0 Å². The number of hydrogen-bond donors (Lipinski definition) is 0. The largest absolute Gasteiger partial charge is 0.372 e. The second kappa shape index (κ2) is 5.96. The predicted octanol–water partition coefficient (Wildman–Crippen LogP) is 3.64. The third-order valence-corrected chi connectivity index (χ3v) is 4.40. The third kappa shape index (κ3) is 2.54. The molecule has 0 N–H and O–H groups in total. The molecule has 5 nitrogen and oxygen atoms in total. The lowest BCUT2D eigenvalue weighted by Crippen LogP contribution is -2.21. The van der Waals surface area contributed by atoms with Crippen molar-refractivity contribution in [1.82, 2.24) is 19.8 Å². The molecule has 1 aromatic carbocycles. The fraction of sp³-hybridized carbons (Fsp3) is 0.357. The Balaban J connectivity index is 1.94. The van der Waals surface area contributed by atoms with E-state index in [2.05, 4.69) is 34.0 Å². The number of halogens is 2. The molecular formula is C14H15F2N5S. The third-order valence-electron chi connectivity index (χ3n) is 3.45. The number of fused-ring (bicyclic) bond motifs is 1. The van der Waals surface area contributed by atoms with E-state index in [9.17, 15) is 8.78 Å². The van der Waals surface area contributed by atoms with Gasteiger partial charge in [0.1, 0.15) is 5.01 Å². The lowest BCUT2D eigenvalue weighted by molar-refractivity contribution is 0.137. The van der Waals surface area contributed by atoms with Gasteiger partial charge in [0.2, 0.25) is 10.8 Å². The summed E-state index contributed by atoms with van der Waals surface area (Å²) in [5.41, 5.74) is 2.01. The highest BCUT2D eigenvalue weighted by Gasteiger charge is 2.19. The standard InChI is InChI=1S/C14H15F2N5S/c1-3-20(4-2)10-7-5-9(6-8-10)13-19-21-12(11(15)16)17-18-14(21)22-13/h5-8,11H,3-4H2,1-2H3. The molecule has 0 radical (unpaired) electrons. The second-order valence-electron chi connectivity index (χ2n) is 4.68. The Morgan fingerprint density at radius 2 is 1.82 bits per heavy atom. The van der Waals surface area contributed by atoms with Gasteiger partial charge in [-0.05, 0) is 38.1 Å². The maximum Gasteiger partial charge on any atom is 0.299 e. The highest BCUT2D eigenvalue weighted by molar-refractivity contribution is 7.19. The molecule has 0 aliphatic heterocycles. The molecule has 0 saturated carbocycles. The molecular weight excluding hydrogens is 308 g/mol. The number of hydrogen-bond acceptors (Lipinski definition) is 5. The van der Waals surface area contributed by atoms with Crippen LogP contribution in [-0.2, 0) is 0 Å². The summed E-state index contributed by atoms with van der Waals surface area (Å²) in [6.45, 7) is 6.08.